The van der Waals surface area contributed by atoms with E-state index in [1.54, 1.807) is 13.8 Å². The predicted molar refractivity (Wildman–Crippen MR) is 79.7 cm³/mol. The van der Waals surface area contributed by atoms with E-state index in [4.69, 9.17) is 4.74 Å². The summed E-state index contributed by atoms with van der Waals surface area (Å²) >= 11 is 0. The van der Waals surface area contributed by atoms with Crippen LogP contribution in [-0.4, -0.2) is 29.8 Å². The molecular formula is C16H25NO3. The third kappa shape index (κ3) is 6.06. The Morgan fingerprint density at radius 3 is 2.40 bits per heavy atom. The highest BCUT2D eigenvalue weighted by atomic mass is 16.5. The van der Waals surface area contributed by atoms with Crippen molar-refractivity contribution in [2.75, 3.05) is 6.54 Å². The Hall–Kier alpha value is -1.55. The smallest absolute Gasteiger partial charge is 0.260 e. The van der Waals surface area contributed by atoms with Crippen LogP contribution in [0.15, 0.2) is 24.3 Å². The Morgan fingerprint density at radius 1 is 1.25 bits per heavy atom. The summed E-state index contributed by atoms with van der Waals surface area (Å²) in [6.45, 7) is 8.03. The van der Waals surface area contributed by atoms with E-state index in [2.05, 4.69) is 5.32 Å². The molecular weight excluding hydrogens is 254 g/mol. The minimum absolute atomic E-state index is 0.136. The maximum absolute atomic E-state index is 11.9. The molecule has 1 rings (SSSR count). The number of carbonyl (C=O) groups is 1. The number of carbonyl (C=O) groups excluding carboxylic acids is 1. The van der Waals surface area contributed by atoms with Crippen molar-refractivity contribution in [3.05, 3.63) is 29.8 Å². The molecule has 0 aliphatic carbocycles. The second-order valence-electron chi connectivity index (χ2n) is 5.51. The van der Waals surface area contributed by atoms with Gasteiger partial charge in [0.05, 0.1) is 6.10 Å². The van der Waals surface area contributed by atoms with Crippen molar-refractivity contribution in [1.82, 2.24) is 5.32 Å². The zero-order valence-electron chi connectivity index (χ0n) is 12.7. The first-order valence-corrected chi connectivity index (χ1v) is 7.07. The summed E-state index contributed by atoms with van der Waals surface area (Å²) in [5, 5.41) is 12.1. The lowest BCUT2D eigenvalue weighted by Crippen LogP contribution is -2.38. The molecule has 112 valence electrons. The van der Waals surface area contributed by atoms with Gasteiger partial charge in [-0.05, 0) is 45.2 Å². The SMILES string of the molecule is Cc1ccc(OC(C)C(=O)NCC(C)CC(C)O)cc1. The van der Waals surface area contributed by atoms with E-state index < -0.39 is 6.10 Å². The molecule has 0 aromatic heterocycles. The zero-order chi connectivity index (χ0) is 15.1. The minimum Gasteiger partial charge on any atom is -0.481 e. The average Bonchev–Trinajstić information content (AvgIpc) is 2.37. The monoisotopic (exact) mass is 279 g/mol. The molecule has 20 heavy (non-hydrogen) atoms. The van der Waals surface area contributed by atoms with Crippen LogP contribution < -0.4 is 10.1 Å². The van der Waals surface area contributed by atoms with Crippen LogP contribution >= 0.6 is 0 Å². The van der Waals surface area contributed by atoms with E-state index in [0.29, 0.717) is 18.7 Å². The quantitative estimate of drug-likeness (QED) is 0.805. The van der Waals surface area contributed by atoms with Crippen molar-refractivity contribution in [1.29, 1.82) is 0 Å². The summed E-state index contributed by atoms with van der Waals surface area (Å²) in [6, 6.07) is 7.61. The molecule has 3 atom stereocenters. The van der Waals surface area contributed by atoms with E-state index in [9.17, 15) is 9.90 Å². The van der Waals surface area contributed by atoms with E-state index in [0.717, 1.165) is 5.56 Å². The van der Waals surface area contributed by atoms with Gasteiger partial charge in [0.25, 0.3) is 5.91 Å². The first-order valence-electron chi connectivity index (χ1n) is 7.07. The molecule has 0 fully saturated rings. The summed E-state index contributed by atoms with van der Waals surface area (Å²) in [5.41, 5.74) is 1.15. The Balaban J connectivity index is 2.37. The Kier molecular flexibility index (Phi) is 6.52. The number of amides is 1. The highest BCUT2D eigenvalue weighted by molar-refractivity contribution is 5.80. The number of nitrogens with one attached hydrogen (secondary N) is 1. The second-order valence-corrected chi connectivity index (χ2v) is 5.51. The number of benzene rings is 1. The van der Waals surface area contributed by atoms with E-state index >= 15 is 0 Å². The highest BCUT2D eigenvalue weighted by Gasteiger charge is 2.15. The van der Waals surface area contributed by atoms with Gasteiger partial charge in [-0.25, -0.2) is 0 Å². The van der Waals surface area contributed by atoms with Gasteiger partial charge < -0.3 is 15.2 Å². The van der Waals surface area contributed by atoms with Crippen LogP contribution in [-0.2, 0) is 4.79 Å². The van der Waals surface area contributed by atoms with E-state index in [-0.39, 0.29) is 17.9 Å². The summed E-state index contributed by atoms with van der Waals surface area (Å²) in [6.07, 6.45) is -0.201. The van der Waals surface area contributed by atoms with Crippen molar-refractivity contribution < 1.29 is 14.6 Å². The second kappa shape index (κ2) is 7.90. The lowest BCUT2D eigenvalue weighted by Gasteiger charge is -2.18. The minimum atomic E-state index is -0.531. The standard InChI is InChI=1S/C16H25NO3/c1-11-5-7-15(8-6-11)20-14(4)16(19)17-10-12(2)9-13(3)18/h5-8,12-14,18H,9-10H2,1-4H3,(H,17,19). The van der Waals surface area contributed by atoms with Crippen molar-refractivity contribution in [2.45, 2.75) is 46.3 Å². The van der Waals surface area contributed by atoms with E-state index in [1.165, 1.54) is 0 Å². The molecule has 0 aliphatic heterocycles. The van der Waals surface area contributed by atoms with Crippen molar-refractivity contribution >= 4 is 5.91 Å². The largest absolute Gasteiger partial charge is 0.481 e. The van der Waals surface area contributed by atoms with Gasteiger partial charge in [0.15, 0.2) is 6.10 Å². The number of aryl methyl sites for hydroxylation is 1. The zero-order valence-corrected chi connectivity index (χ0v) is 12.7. The average molecular weight is 279 g/mol. The Labute approximate surface area is 121 Å². The van der Waals surface area contributed by atoms with Gasteiger partial charge in [0.1, 0.15) is 5.75 Å². The molecule has 0 bridgehead atoms. The van der Waals surface area contributed by atoms with Gasteiger partial charge in [0, 0.05) is 6.54 Å². The number of aliphatic hydroxyl groups excluding tert-OH is 1. The molecule has 1 amide bonds. The molecule has 0 saturated heterocycles. The van der Waals surface area contributed by atoms with Gasteiger partial charge in [-0.3, -0.25) is 4.79 Å². The highest BCUT2D eigenvalue weighted by Crippen LogP contribution is 2.13. The van der Waals surface area contributed by atoms with Crippen LogP contribution in [0.1, 0.15) is 32.8 Å². The lowest BCUT2D eigenvalue weighted by atomic mass is 10.0. The van der Waals surface area contributed by atoms with Gasteiger partial charge >= 0.3 is 0 Å². The van der Waals surface area contributed by atoms with Gasteiger partial charge in [-0.15, -0.1) is 0 Å². The molecule has 0 radical (unpaired) electrons. The molecule has 4 heteroatoms. The summed E-state index contributed by atoms with van der Waals surface area (Å²) in [5.74, 6) is 0.795. The molecule has 1 aromatic carbocycles. The fourth-order valence-electron chi connectivity index (χ4n) is 1.96. The van der Waals surface area contributed by atoms with Crippen LogP contribution in [0.5, 0.6) is 5.75 Å². The molecule has 0 heterocycles. The predicted octanol–water partition coefficient (Wildman–Crippen LogP) is 2.29. The molecule has 0 saturated carbocycles. The van der Waals surface area contributed by atoms with Crippen molar-refractivity contribution in [2.24, 2.45) is 5.92 Å². The number of hydrogen-bond donors (Lipinski definition) is 2. The number of ether oxygens (including phenoxy) is 1. The fraction of sp³-hybridized carbons (Fsp3) is 0.562. The molecule has 3 unspecified atom stereocenters. The van der Waals surface area contributed by atoms with Crippen LogP contribution in [0.3, 0.4) is 0 Å². The first kappa shape index (κ1) is 16.5. The summed E-state index contributed by atoms with van der Waals surface area (Å²) in [7, 11) is 0. The Bertz CT molecular complexity index is 414. The first-order chi connectivity index (χ1) is 9.38. The van der Waals surface area contributed by atoms with Gasteiger partial charge in [-0.2, -0.15) is 0 Å². The van der Waals surface area contributed by atoms with Gasteiger partial charge in [-0.1, -0.05) is 24.6 Å². The molecule has 4 nitrogen and oxygen atoms in total. The molecule has 1 aromatic rings. The third-order valence-electron chi connectivity index (χ3n) is 3.07. The summed E-state index contributed by atoms with van der Waals surface area (Å²) < 4.78 is 5.58. The van der Waals surface area contributed by atoms with Crippen molar-refractivity contribution in [3.63, 3.8) is 0 Å². The molecule has 2 N–H and O–H groups in total. The van der Waals surface area contributed by atoms with Gasteiger partial charge in [0.2, 0.25) is 0 Å². The number of hydrogen-bond acceptors (Lipinski definition) is 3. The fourth-order valence-corrected chi connectivity index (χ4v) is 1.96. The topological polar surface area (TPSA) is 58.6 Å². The summed E-state index contributed by atoms with van der Waals surface area (Å²) in [4.78, 5) is 11.9. The molecule has 0 aliphatic rings. The molecule has 0 spiro atoms. The van der Waals surface area contributed by atoms with Crippen LogP contribution in [0.2, 0.25) is 0 Å². The Morgan fingerprint density at radius 2 is 1.85 bits per heavy atom. The lowest BCUT2D eigenvalue weighted by molar-refractivity contribution is -0.127. The van der Waals surface area contributed by atoms with E-state index in [1.807, 2.05) is 38.1 Å². The van der Waals surface area contributed by atoms with Crippen LogP contribution in [0.4, 0.5) is 0 Å². The normalized spacial score (nSPS) is 15.2. The third-order valence-corrected chi connectivity index (χ3v) is 3.07. The van der Waals surface area contributed by atoms with Crippen molar-refractivity contribution in [3.8, 4) is 5.75 Å². The number of aliphatic hydroxyl groups is 1. The maximum Gasteiger partial charge on any atom is 0.260 e. The van der Waals surface area contributed by atoms with Crippen LogP contribution in [0, 0.1) is 12.8 Å². The number of rotatable bonds is 7. The maximum atomic E-state index is 11.9. The van der Waals surface area contributed by atoms with Crippen LogP contribution in [0.25, 0.3) is 0 Å².